The van der Waals surface area contributed by atoms with E-state index >= 15 is 0 Å². The number of fused-ring (bicyclic) bond motifs is 2. The summed E-state index contributed by atoms with van der Waals surface area (Å²) in [5.41, 5.74) is 3.27. The average Bonchev–Trinajstić information content (AvgIpc) is 3.21. The van der Waals surface area contributed by atoms with E-state index in [1.807, 2.05) is 12.1 Å². The Morgan fingerprint density at radius 1 is 0.769 bits per heavy atom. The molecule has 2 heterocycles. The summed E-state index contributed by atoms with van der Waals surface area (Å²) < 4.78 is 11.3. The lowest BCUT2D eigenvalue weighted by molar-refractivity contribution is -0.135. The van der Waals surface area contributed by atoms with Gasteiger partial charge in [0.1, 0.15) is 22.7 Å². The molecule has 0 amide bonds. The Kier molecular flexibility index (Phi) is 3.73. The predicted octanol–water partition coefficient (Wildman–Crippen LogP) is 4.31. The minimum Gasteiger partial charge on any atom is -0.426 e. The van der Waals surface area contributed by atoms with Crippen LogP contribution in [0.3, 0.4) is 0 Å². The van der Waals surface area contributed by atoms with E-state index in [1.165, 1.54) is 17.5 Å². The van der Waals surface area contributed by atoms with Crippen molar-refractivity contribution in [1.29, 1.82) is 0 Å². The van der Waals surface area contributed by atoms with Crippen molar-refractivity contribution in [2.24, 2.45) is 5.92 Å². The Morgan fingerprint density at radius 2 is 1.46 bits per heavy atom. The maximum absolute atomic E-state index is 12.7. The number of benzene rings is 1. The molecule has 0 radical (unpaired) electrons. The number of carbonyl (C=O) groups excluding carboxylic acids is 2. The molecule has 1 atom stereocenters. The molecule has 26 heavy (non-hydrogen) atoms. The molecule has 1 fully saturated rings. The number of cyclic esters (lactones) is 2. The number of allylic oxidation sites excluding steroid dienone is 2. The summed E-state index contributed by atoms with van der Waals surface area (Å²) in [4.78, 5) is 25.3. The van der Waals surface area contributed by atoms with E-state index in [2.05, 4.69) is 12.1 Å². The Balaban J connectivity index is 1.60. The molecule has 0 saturated heterocycles. The Bertz CT molecular complexity index is 855. The first-order valence-corrected chi connectivity index (χ1v) is 9.75. The van der Waals surface area contributed by atoms with E-state index in [9.17, 15) is 9.59 Å². The first-order valence-electron chi connectivity index (χ1n) is 9.75. The highest BCUT2D eigenvalue weighted by Crippen LogP contribution is 2.48. The number of hydrogen-bond acceptors (Lipinski definition) is 4. The summed E-state index contributed by atoms with van der Waals surface area (Å²) in [6.45, 7) is 0. The highest BCUT2D eigenvalue weighted by molar-refractivity contribution is 6.14. The monoisotopic (exact) mass is 350 g/mol. The summed E-state index contributed by atoms with van der Waals surface area (Å²) in [6, 6.07) is 8.26. The summed E-state index contributed by atoms with van der Waals surface area (Å²) in [5.74, 6) is 0.441. The second-order valence-corrected chi connectivity index (χ2v) is 7.74. The van der Waals surface area contributed by atoms with Gasteiger partial charge in [0.25, 0.3) is 0 Å². The Hall–Kier alpha value is -2.36. The van der Waals surface area contributed by atoms with E-state index in [4.69, 9.17) is 9.47 Å². The van der Waals surface area contributed by atoms with Crippen LogP contribution in [0.15, 0.2) is 46.9 Å². The quantitative estimate of drug-likeness (QED) is 0.746. The zero-order chi connectivity index (χ0) is 17.7. The normalized spacial score (nSPS) is 25.9. The average molecular weight is 350 g/mol. The number of hydrogen-bond donors (Lipinski definition) is 0. The topological polar surface area (TPSA) is 52.6 Å². The van der Waals surface area contributed by atoms with Gasteiger partial charge in [0.05, 0.1) is 0 Å². The fourth-order valence-corrected chi connectivity index (χ4v) is 4.98. The van der Waals surface area contributed by atoms with Crippen LogP contribution in [0.4, 0.5) is 0 Å². The molecule has 2 aliphatic carbocycles. The second kappa shape index (κ2) is 6.11. The van der Waals surface area contributed by atoms with Crippen LogP contribution in [0.25, 0.3) is 0 Å². The van der Waals surface area contributed by atoms with Crippen LogP contribution in [0.5, 0.6) is 0 Å². The zero-order valence-electron chi connectivity index (χ0n) is 14.8. The standard InChI is InChI=1S/C22H22O4/c23-21-17-18(22(24)25-19(17)14-8-2-1-3-9-14)20(26-21)16-12-6-10-13-7-4-5-11-15(13)16/h4-5,7,11,14,16H,1-3,6,8-10,12H2. The summed E-state index contributed by atoms with van der Waals surface area (Å²) in [5, 5.41) is 0. The van der Waals surface area contributed by atoms with Gasteiger partial charge < -0.3 is 9.47 Å². The molecular formula is C22H22O4. The third-order valence-electron chi connectivity index (χ3n) is 6.22. The fraction of sp³-hybridized carbons (Fsp3) is 0.455. The van der Waals surface area contributed by atoms with Crippen LogP contribution in [-0.4, -0.2) is 11.9 Å². The molecule has 1 aromatic rings. The molecule has 1 aromatic carbocycles. The van der Waals surface area contributed by atoms with E-state index in [1.54, 1.807) is 0 Å². The van der Waals surface area contributed by atoms with Crippen molar-refractivity contribution in [1.82, 2.24) is 0 Å². The van der Waals surface area contributed by atoms with Crippen LogP contribution >= 0.6 is 0 Å². The Morgan fingerprint density at radius 3 is 2.27 bits per heavy atom. The molecule has 0 spiro atoms. The lowest BCUT2D eigenvalue weighted by atomic mass is 9.80. The number of rotatable bonds is 2. The van der Waals surface area contributed by atoms with Crippen molar-refractivity contribution >= 4 is 11.9 Å². The molecule has 4 nitrogen and oxygen atoms in total. The zero-order valence-corrected chi connectivity index (χ0v) is 14.8. The van der Waals surface area contributed by atoms with Gasteiger partial charge in [0.15, 0.2) is 0 Å². The lowest BCUT2D eigenvalue weighted by Crippen LogP contribution is -2.16. The maximum Gasteiger partial charge on any atom is 0.347 e. The number of carbonyl (C=O) groups is 2. The van der Waals surface area contributed by atoms with Crippen molar-refractivity contribution in [2.45, 2.75) is 57.3 Å². The first-order chi connectivity index (χ1) is 12.7. The number of esters is 2. The van der Waals surface area contributed by atoms with Crippen molar-refractivity contribution in [3.05, 3.63) is 58.1 Å². The van der Waals surface area contributed by atoms with E-state index < -0.39 is 11.9 Å². The molecule has 4 heteroatoms. The molecule has 0 N–H and O–H groups in total. The smallest absolute Gasteiger partial charge is 0.347 e. The molecular weight excluding hydrogens is 328 g/mol. The van der Waals surface area contributed by atoms with Crippen LogP contribution in [0.2, 0.25) is 0 Å². The minimum absolute atomic E-state index is 0.0327. The van der Waals surface area contributed by atoms with Gasteiger partial charge in [-0.25, -0.2) is 9.59 Å². The van der Waals surface area contributed by atoms with Gasteiger partial charge in [-0.15, -0.1) is 0 Å². The molecule has 0 aromatic heterocycles. The van der Waals surface area contributed by atoms with Crippen LogP contribution in [-0.2, 0) is 25.5 Å². The molecule has 1 saturated carbocycles. The summed E-state index contributed by atoms with van der Waals surface area (Å²) >= 11 is 0. The number of ether oxygens (including phenoxy) is 2. The van der Waals surface area contributed by atoms with E-state index in [0.717, 1.165) is 44.9 Å². The van der Waals surface area contributed by atoms with Crippen molar-refractivity contribution in [3.63, 3.8) is 0 Å². The van der Waals surface area contributed by atoms with Crippen LogP contribution in [0.1, 0.15) is 62.0 Å². The molecule has 0 bridgehead atoms. The third-order valence-corrected chi connectivity index (χ3v) is 6.22. The van der Waals surface area contributed by atoms with Gasteiger partial charge in [-0.1, -0.05) is 43.5 Å². The minimum atomic E-state index is -0.399. The van der Waals surface area contributed by atoms with Gasteiger partial charge in [-0.2, -0.15) is 0 Å². The van der Waals surface area contributed by atoms with Crippen molar-refractivity contribution in [3.8, 4) is 0 Å². The van der Waals surface area contributed by atoms with Crippen molar-refractivity contribution in [2.75, 3.05) is 0 Å². The van der Waals surface area contributed by atoms with Gasteiger partial charge in [0.2, 0.25) is 0 Å². The molecule has 1 unspecified atom stereocenters. The second-order valence-electron chi connectivity index (χ2n) is 7.74. The lowest BCUT2D eigenvalue weighted by Gasteiger charge is -2.26. The highest BCUT2D eigenvalue weighted by atomic mass is 16.6. The van der Waals surface area contributed by atoms with Crippen LogP contribution < -0.4 is 0 Å². The SMILES string of the molecule is O=C1OC(C2CCCc3ccccc32)=C2C(=O)OC(C3CCCCC3)=C12. The van der Waals surface area contributed by atoms with Gasteiger partial charge in [-0.3, -0.25) is 0 Å². The molecule has 134 valence electrons. The van der Waals surface area contributed by atoms with E-state index in [0.29, 0.717) is 22.7 Å². The molecule has 2 aliphatic heterocycles. The van der Waals surface area contributed by atoms with Gasteiger partial charge >= 0.3 is 11.9 Å². The van der Waals surface area contributed by atoms with Gasteiger partial charge in [-0.05, 0) is 43.2 Å². The van der Waals surface area contributed by atoms with E-state index in [-0.39, 0.29) is 11.8 Å². The van der Waals surface area contributed by atoms with Crippen molar-refractivity contribution < 1.29 is 19.1 Å². The largest absolute Gasteiger partial charge is 0.426 e. The third kappa shape index (κ3) is 2.35. The fourth-order valence-electron chi connectivity index (χ4n) is 4.98. The predicted molar refractivity (Wildman–Crippen MR) is 94.9 cm³/mol. The highest BCUT2D eigenvalue weighted by Gasteiger charge is 2.48. The summed E-state index contributed by atoms with van der Waals surface area (Å²) in [6.07, 6.45) is 8.37. The maximum atomic E-state index is 12.7. The summed E-state index contributed by atoms with van der Waals surface area (Å²) in [7, 11) is 0. The molecule has 4 aliphatic rings. The van der Waals surface area contributed by atoms with Crippen LogP contribution in [0, 0.1) is 5.92 Å². The number of aryl methyl sites for hydroxylation is 1. The first kappa shape index (κ1) is 15.9. The Labute approximate surface area is 152 Å². The van der Waals surface area contributed by atoms with Gasteiger partial charge in [0, 0.05) is 11.8 Å². The molecule has 5 rings (SSSR count).